The summed E-state index contributed by atoms with van der Waals surface area (Å²) in [5.41, 5.74) is 8.45. The van der Waals surface area contributed by atoms with Crippen LogP contribution in [0.15, 0.2) is 83.9 Å². The Balaban J connectivity index is 1.65. The summed E-state index contributed by atoms with van der Waals surface area (Å²) in [5.74, 6) is 0.803. The lowest BCUT2D eigenvalue weighted by Gasteiger charge is -2.06. The van der Waals surface area contributed by atoms with Gasteiger partial charge in [-0.15, -0.1) is 0 Å². The molecule has 0 saturated heterocycles. The Morgan fingerprint density at radius 3 is 2.21 bits per heavy atom. The van der Waals surface area contributed by atoms with Crippen LogP contribution in [0.3, 0.4) is 0 Å². The van der Waals surface area contributed by atoms with Gasteiger partial charge in [-0.2, -0.15) is 0 Å². The molecule has 0 heterocycles. The smallest absolute Gasteiger partial charge is 0.131 e. The second-order valence-electron chi connectivity index (χ2n) is 5.27. The first-order chi connectivity index (χ1) is 11.7. The Morgan fingerprint density at radius 2 is 1.54 bits per heavy atom. The highest BCUT2D eigenvalue weighted by molar-refractivity contribution is 5.98. The van der Waals surface area contributed by atoms with Crippen LogP contribution in [0.2, 0.25) is 0 Å². The van der Waals surface area contributed by atoms with Crippen molar-refractivity contribution in [3.63, 3.8) is 0 Å². The third-order valence-corrected chi connectivity index (χ3v) is 3.47. The highest BCUT2D eigenvalue weighted by Crippen LogP contribution is 2.20. The van der Waals surface area contributed by atoms with Crippen molar-refractivity contribution in [1.29, 1.82) is 0 Å². The molecule has 0 spiro atoms. The van der Waals surface area contributed by atoms with Crippen LogP contribution in [0.1, 0.15) is 11.1 Å². The summed E-state index contributed by atoms with van der Waals surface area (Å²) in [6.45, 7) is 0.515. The quantitative estimate of drug-likeness (QED) is 0.558. The average Bonchev–Trinajstić information content (AvgIpc) is 2.62. The maximum Gasteiger partial charge on any atom is 0.131 e. The number of nitrogens with two attached hydrogens (primary N) is 1. The standard InChI is InChI=1S/C20H17FN2O/c21-17-8-6-16(7-9-17)20(22)23-18-10-12-19(13-11-18)24-14-15-4-2-1-3-5-15/h1-13H,14H2,(H2,22,23). The molecule has 120 valence electrons. The van der Waals surface area contributed by atoms with Gasteiger partial charge in [-0.3, -0.25) is 0 Å². The molecule has 3 aromatic carbocycles. The number of amidine groups is 1. The number of hydrogen-bond donors (Lipinski definition) is 1. The van der Waals surface area contributed by atoms with Crippen molar-refractivity contribution in [1.82, 2.24) is 0 Å². The first-order valence-corrected chi connectivity index (χ1v) is 7.57. The molecule has 0 fully saturated rings. The van der Waals surface area contributed by atoms with Gasteiger partial charge >= 0.3 is 0 Å². The van der Waals surface area contributed by atoms with Gasteiger partial charge < -0.3 is 10.5 Å². The second-order valence-corrected chi connectivity index (χ2v) is 5.27. The Bertz CT molecular complexity index is 813. The zero-order chi connectivity index (χ0) is 16.8. The summed E-state index contributed by atoms with van der Waals surface area (Å²) in [7, 11) is 0. The Kier molecular flexibility index (Phi) is 4.87. The highest BCUT2D eigenvalue weighted by atomic mass is 19.1. The molecule has 3 aromatic rings. The largest absolute Gasteiger partial charge is 0.489 e. The number of ether oxygens (including phenoxy) is 1. The summed E-state index contributed by atoms with van der Waals surface area (Å²) < 4.78 is 18.7. The van der Waals surface area contributed by atoms with Gasteiger partial charge in [0, 0.05) is 5.56 Å². The minimum absolute atomic E-state index is 0.300. The van der Waals surface area contributed by atoms with E-state index in [1.54, 1.807) is 12.1 Å². The lowest BCUT2D eigenvalue weighted by Crippen LogP contribution is -2.12. The van der Waals surface area contributed by atoms with Crippen molar-refractivity contribution in [2.75, 3.05) is 0 Å². The van der Waals surface area contributed by atoms with Gasteiger partial charge in [-0.1, -0.05) is 30.3 Å². The molecular formula is C20H17FN2O. The van der Waals surface area contributed by atoms with E-state index in [0.717, 1.165) is 11.3 Å². The fraction of sp³-hybridized carbons (Fsp3) is 0.0500. The fourth-order valence-electron chi connectivity index (χ4n) is 2.18. The van der Waals surface area contributed by atoms with Gasteiger partial charge in [0.1, 0.15) is 24.0 Å². The van der Waals surface area contributed by atoms with Crippen LogP contribution >= 0.6 is 0 Å². The number of nitrogens with zero attached hydrogens (tertiary/aromatic N) is 1. The molecule has 3 rings (SSSR count). The minimum atomic E-state index is -0.300. The van der Waals surface area contributed by atoms with Crippen LogP contribution in [-0.4, -0.2) is 5.84 Å². The molecule has 0 amide bonds. The normalized spacial score (nSPS) is 11.3. The van der Waals surface area contributed by atoms with Gasteiger partial charge in [0.05, 0.1) is 5.69 Å². The fourth-order valence-corrected chi connectivity index (χ4v) is 2.18. The van der Waals surface area contributed by atoms with Crippen LogP contribution in [0.25, 0.3) is 0 Å². The van der Waals surface area contributed by atoms with Crippen molar-refractivity contribution in [3.8, 4) is 5.75 Å². The zero-order valence-electron chi connectivity index (χ0n) is 13.0. The number of rotatable bonds is 5. The maximum absolute atomic E-state index is 12.9. The second kappa shape index (κ2) is 7.42. The van der Waals surface area contributed by atoms with E-state index in [2.05, 4.69) is 4.99 Å². The molecule has 0 bridgehead atoms. The van der Waals surface area contributed by atoms with E-state index in [9.17, 15) is 4.39 Å². The molecular weight excluding hydrogens is 303 g/mol. The van der Waals surface area contributed by atoms with Crippen molar-refractivity contribution in [2.24, 2.45) is 10.7 Å². The average molecular weight is 320 g/mol. The molecule has 0 radical (unpaired) electrons. The van der Waals surface area contributed by atoms with E-state index < -0.39 is 0 Å². The van der Waals surface area contributed by atoms with Crippen LogP contribution in [0, 0.1) is 5.82 Å². The number of hydrogen-bond acceptors (Lipinski definition) is 2. The molecule has 0 aromatic heterocycles. The predicted octanol–water partition coefficient (Wildman–Crippen LogP) is 4.44. The zero-order valence-corrected chi connectivity index (χ0v) is 13.0. The summed E-state index contributed by atoms with van der Waals surface area (Å²) in [6, 6.07) is 23.2. The van der Waals surface area contributed by atoms with Gasteiger partial charge in [-0.25, -0.2) is 9.38 Å². The first kappa shape index (κ1) is 15.7. The summed E-state index contributed by atoms with van der Waals surface area (Å²) in [4.78, 5) is 4.33. The topological polar surface area (TPSA) is 47.6 Å². The summed E-state index contributed by atoms with van der Waals surface area (Å²) in [5, 5.41) is 0. The molecule has 3 nitrogen and oxygen atoms in total. The van der Waals surface area contributed by atoms with Crippen LogP contribution < -0.4 is 10.5 Å². The highest BCUT2D eigenvalue weighted by Gasteiger charge is 2.00. The van der Waals surface area contributed by atoms with E-state index in [4.69, 9.17) is 10.5 Å². The number of halogens is 1. The lowest BCUT2D eigenvalue weighted by atomic mass is 10.2. The van der Waals surface area contributed by atoms with Gasteiger partial charge in [0.2, 0.25) is 0 Å². The van der Waals surface area contributed by atoms with E-state index in [-0.39, 0.29) is 5.82 Å². The lowest BCUT2D eigenvalue weighted by molar-refractivity contribution is 0.306. The van der Waals surface area contributed by atoms with Crippen LogP contribution in [-0.2, 0) is 6.61 Å². The van der Waals surface area contributed by atoms with Gasteiger partial charge in [0.15, 0.2) is 0 Å². The maximum atomic E-state index is 12.9. The Labute approximate surface area is 140 Å². The molecule has 0 saturated carbocycles. The predicted molar refractivity (Wildman–Crippen MR) is 94.0 cm³/mol. The molecule has 2 N–H and O–H groups in total. The van der Waals surface area contributed by atoms with E-state index in [1.165, 1.54) is 12.1 Å². The van der Waals surface area contributed by atoms with E-state index in [0.29, 0.717) is 23.7 Å². The molecule has 0 unspecified atom stereocenters. The third-order valence-electron chi connectivity index (χ3n) is 3.47. The van der Waals surface area contributed by atoms with E-state index >= 15 is 0 Å². The Morgan fingerprint density at radius 1 is 0.875 bits per heavy atom. The molecule has 0 aliphatic heterocycles. The van der Waals surface area contributed by atoms with Crippen LogP contribution in [0.4, 0.5) is 10.1 Å². The van der Waals surface area contributed by atoms with E-state index in [1.807, 2.05) is 54.6 Å². The number of benzene rings is 3. The number of aliphatic imine (C=N–C) groups is 1. The minimum Gasteiger partial charge on any atom is -0.489 e. The van der Waals surface area contributed by atoms with Crippen molar-refractivity contribution in [3.05, 3.63) is 95.8 Å². The molecule has 0 atom stereocenters. The molecule has 0 aliphatic carbocycles. The first-order valence-electron chi connectivity index (χ1n) is 7.57. The van der Waals surface area contributed by atoms with Crippen molar-refractivity contribution in [2.45, 2.75) is 6.61 Å². The SMILES string of the molecule is NC(=Nc1ccc(OCc2ccccc2)cc1)c1ccc(F)cc1. The van der Waals surface area contributed by atoms with Gasteiger partial charge in [0.25, 0.3) is 0 Å². The molecule has 24 heavy (non-hydrogen) atoms. The summed E-state index contributed by atoms with van der Waals surface area (Å²) >= 11 is 0. The monoisotopic (exact) mass is 320 g/mol. The third kappa shape index (κ3) is 4.20. The van der Waals surface area contributed by atoms with Crippen molar-refractivity contribution < 1.29 is 9.13 Å². The molecule has 4 heteroatoms. The Hall–Kier alpha value is -3.14. The van der Waals surface area contributed by atoms with Crippen molar-refractivity contribution >= 4 is 11.5 Å². The molecule has 0 aliphatic rings. The van der Waals surface area contributed by atoms with Crippen LogP contribution in [0.5, 0.6) is 5.75 Å². The van der Waals surface area contributed by atoms with Gasteiger partial charge in [-0.05, 0) is 54.1 Å². The summed E-state index contributed by atoms with van der Waals surface area (Å²) in [6.07, 6.45) is 0.